The summed E-state index contributed by atoms with van der Waals surface area (Å²) in [4.78, 5) is 21.5. The van der Waals surface area contributed by atoms with Crippen LogP contribution in [0.3, 0.4) is 0 Å². The monoisotopic (exact) mass is 464 g/mol. The predicted octanol–water partition coefficient (Wildman–Crippen LogP) is 5.40. The molecule has 1 heterocycles. The van der Waals surface area contributed by atoms with Crippen LogP contribution in [0.4, 0.5) is 0 Å². The number of hydrogen-bond donors (Lipinski definition) is 2. The standard InChI is InChI=1S/C24H28N4O2.2C2H6/c1-16-5-4-6-18(8-7-16)26-15-19-12-20(29)13-22(27-19)28-23(25-2)24-10-9-21(30-3)11-17(24)14-24;2*1-2/h4-5,7-12,17,26H,6,13-15H2,1-3H3,(H,25,27,28);2*1-2H3. The van der Waals surface area contributed by atoms with E-state index in [0.29, 0.717) is 18.3 Å². The first-order valence-electron chi connectivity index (χ1n) is 12.3. The van der Waals surface area contributed by atoms with E-state index in [1.807, 2.05) is 33.8 Å². The highest BCUT2D eigenvalue weighted by Gasteiger charge is 2.56. The molecule has 0 bridgehead atoms. The first kappa shape index (κ1) is 27.1. The molecule has 6 nitrogen and oxygen atoms in total. The fourth-order valence-electron chi connectivity index (χ4n) is 4.05. The molecule has 0 amide bonds. The number of aliphatic imine (C=N–C) groups is 2. The average molecular weight is 465 g/mol. The highest BCUT2D eigenvalue weighted by Crippen LogP contribution is 2.58. The van der Waals surface area contributed by atoms with Crippen molar-refractivity contribution in [3.8, 4) is 0 Å². The van der Waals surface area contributed by atoms with Crippen LogP contribution in [0.15, 0.2) is 81.3 Å². The molecular formula is C28H40N4O2. The number of rotatable bonds is 5. The molecule has 2 unspecified atom stereocenters. The number of nitrogens with zero attached hydrogens (tertiary/aromatic N) is 2. The molecule has 3 aliphatic carbocycles. The molecule has 2 N–H and O–H groups in total. The Morgan fingerprint density at radius 1 is 1.24 bits per heavy atom. The fourth-order valence-corrected chi connectivity index (χ4v) is 4.05. The van der Waals surface area contributed by atoms with Crippen molar-refractivity contribution in [2.24, 2.45) is 21.3 Å². The van der Waals surface area contributed by atoms with Crippen LogP contribution in [0.1, 0.15) is 53.9 Å². The van der Waals surface area contributed by atoms with Gasteiger partial charge in [0.05, 0.1) is 25.5 Å². The molecule has 34 heavy (non-hydrogen) atoms. The van der Waals surface area contributed by atoms with E-state index in [1.54, 1.807) is 20.2 Å². The first-order valence-corrected chi connectivity index (χ1v) is 12.3. The van der Waals surface area contributed by atoms with Crippen molar-refractivity contribution >= 4 is 17.5 Å². The van der Waals surface area contributed by atoms with Gasteiger partial charge in [0.25, 0.3) is 0 Å². The predicted molar refractivity (Wildman–Crippen MR) is 143 cm³/mol. The number of amidine groups is 2. The van der Waals surface area contributed by atoms with Crippen molar-refractivity contribution in [1.29, 1.82) is 0 Å². The van der Waals surface area contributed by atoms with Crippen molar-refractivity contribution in [3.63, 3.8) is 0 Å². The summed E-state index contributed by atoms with van der Waals surface area (Å²) in [6.45, 7) is 10.6. The summed E-state index contributed by atoms with van der Waals surface area (Å²) in [5.74, 6) is 2.70. The molecule has 0 saturated heterocycles. The van der Waals surface area contributed by atoms with Gasteiger partial charge in [-0.3, -0.25) is 9.79 Å². The molecule has 2 atom stereocenters. The Morgan fingerprint density at radius 3 is 2.68 bits per heavy atom. The number of nitrogens with one attached hydrogen (secondary N) is 2. The second-order valence-electron chi connectivity index (χ2n) is 8.06. The number of methoxy groups -OCH3 is 1. The lowest BCUT2D eigenvalue weighted by atomic mass is 9.97. The summed E-state index contributed by atoms with van der Waals surface area (Å²) in [5, 5.41) is 6.74. The van der Waals surface area contributed by atoms with Crippen molar-refractivity contribution < 1.29 is 9.53 Å². The van der Waals surface area contributed by atoms with Gasteiger partial charge in [-0.15, -0.1) is 0 Å². The molecular weight excluding hydrogens is 424 g/mol. The van der Waals surface area contributed by atoms with E-state index < -0.39 is 0 Å². The molecule has 0 spiro atoms. The van der Waals surface area contributed by atoms with Gasteiger partial charge < -0.3 is 15.4 Å². The van der Waals surface area contributed by atoms with Crippen molar-refractivity contribution in [1.82, 2.24) is 10.6 Å². The van der Waals surface area contributed by atoms with E-state index >= 15 is 0 Å². The van der Waals surface area contributed by atoms with E-state index in [1.165, 1.54) is 5.57 Å². The van der Waals surface area contributed by atoms with Crippen LogP contribution in [-0.2, 0) is 9.53 Å². The number of allylic oxidation sites excluding steroid dienone is 8. The van der Waals surface area contributed by atoms with Gasteiger partial charge in [0.2, 0.25) is 0 Å². The van der Waals surface area contributed by atoms with E-state index in [0.717, 1.165) is 35.8 Å². The lowest BCUT2D eigenvalue weighted by Gasteiger charge is -2.21. The van der Waals surface area contributed by atoms with Gasteiger partial charge in [0.1, 0.15) is 17.4 Å². The highest BCUT2D eigenvalue weighted by atomic mass is 16.5. The summed E-state index contributed by atoms with van der Waals surface area (Å²) < 4.78 is 5.33. The third-order valence-electron chi connectivity index (χ3n) is 5.83. The van der Waals surface area contributed by atoms with Crippen LogP contribution >= 0.6 is 0 Å². The quantitative estimate of drug-likeness (QED) is 0.422. The average Bonchev–Trinajstić information content (AvgIpc) is 3.63. The van der Waals surface area contributed by atoms with Crippen LogP contribution in [0.25, 0.3) is 0 Å². The molecule has 0 radical (unpaired) electrons. The number of fused-ring (bicyclic) bond motifs is 1. The minimum atomic E-state index is -0.171. The smallest absolute Gasteiger partial charge is 0.164 e. The Bertz CT molecular complexity index is 992. The minimum absolute atomic E-state index is 0.0517. The summed E-state index contributed by atoms with van der Waals surface area (Å²) in [6.07, 6.45) is 18.4. The Morgan fingerprint density at radius 2 is 2.00 bits per heavy atom. The largest absolute Gasteiger partial charge is 0.497 e. The maximum atomic E-state index is 12.3. The Balaban J connectivity index is 0.000000970. The van der Waals surface area contributed by atoms with Gasteiger partial charge >= 0.3 is 0 Å². The highest BCUT2D eigenvalue weighted by molar-refractivity contribution is 6.13. The molecule has 4 aliphatic rings. The zero-order valence-corrected chi connectivity index (χ0v) is 21.7. The molecule has 1 saturated carbocycles. The SMILES string of the molecule is CC.CC.CN=C(N=C1CC(=O)C=C(CNC2=CC=C(C)C=CC2)N1)C12C=CC(OC)=CC1C2. The Labute approximate surface area is 205 Å². The second kappa shape index (κ2) is 12.9. The first-order chi connectivity index (χ1) is 16.5. The number of carbonyl (C=O) groups is 1. The van der Waals surface area contributed by atoms with Crippen LogP contribution < -0.4 is 10.6 Å². The number of ketones is 1. The lowest BCUT2D eigenvalue weighted by molar-refractivity contribution is -0.113. The van der Waals surface area contributed by atoms with Crippen molar-refractivity contribution in [3.05, 3.63) is 71.3 Å². The normalized spacial score (nSPS) is 26.1. The fraction of sp³-hybridized carbons (Fsp3) is 0.464. The van der Waals surface area contributed by atoms with Crippen molar-refractivity contribution in [2.45, 2.75) is 53.9 Å². The zero-order valence-electron chi connectivity index (χ0n) is 21.7. The number of ether oxygens (including phenoxy) is 1. The molecule has 0 aromatic heterocycles. The minimum Gasteiger partial charge on any atom is -0.497 e. The van der Waals surface area contributed by atoms with Gasteiger partial charge in [-0.25, -0.2) is 4.99 Å². The third-order valence-corrected chi connectivity index (χ3v) is 5.83. The summed E-state index contributed by atoms with van der Waals surface area (Å²) in [6, 6.07) is 0. The molecule has 1 aliphatic heterocycles. The zero-order chi connectivity index (χ0) is 25.1. The maximum Gasteiger partial charge on any atom is 0.164 e. The number of hydrogen-bond acceptors (Lipinski definition) is 4. The van der Waals surface area contributed by atoms with Crippen LogP contribution in [0, 0.1) is 11.3 Å². The van der Waals surface area contributed by atoms with Crippen LogP contribution in [0.2, 0.25) is 0 Å². The van der Waals surface area contributed by atoms with Crippen molar-refractivity contribution in [2.75, 3.05) is 20.7 Å². The molecule has 6 heteroatoms. The summed E-state index contributed by atoms with van der Waals surface area (Å²) in [5.41, 5.74) is 2.99. The van der Waals surface area contributed by atoms with Gasteiger partial charge in [0, 0.05) is 30.9 Å². The van der Waals surface area contributed by atoms with E-state index in [9.17, 15) is 4.79 Å². The topological polar surface area (TPSA) is 75.1 Å². The Hall–Kier alpha value is -3.15. The second-order valence-corrected chi connectivity index (χ2v) is 8.06. The molecule has 184 valence electrons. The summed E-state index contributed by atoms with van der Waals surface area (Å²) >= 11 is 0. The molecule has 1 fully saturated rings. The van der Waals surface area contributed by atoms with E-state index in [2.05, 4.69) is 59.0 Å². The van der Waals surface area contributed by atoms with Gasteiger partial charge in [0.15, 0.2) is 5.78 Å². The molecule has 4 rings (SSSR count). The van der Waals surface area contributed by atoms with E-state index in [4.69, 9.17) is 9.73 Å². The number of carbonyl (C=O) groups excluding carboxylic acids is 1. The van der Waals surface area contributed by atoms with E-state index in [-0.39, 0.29) is 17.6 Å². The van der Waals surface area contributed by atoms with Crippen LogP contribution in [0.5, 0.6) is 0 Å². The van der Waals surface area contributed by atoms with Gasteiger partial charge in [-0.2, -0.15) is 0 Å². The van der Waals surface area contributed by atoms with Crippen LogP contribution in [-0.4, -0.2) is 38.2 Å². The summed E-state index contributed by atoms with van der Waals surface area (Å²) in [7, 11) is 3.44. The van der Waals surface area contributed by atoms with Gasteiger partial charge in [-0.05, 0) is 37.5 Å². The third kappa shape index (κ3) is 6.69. The van der Waals surface area contributed by atoms with Gasteiger partial charge in [-0.1, -0.05) is 57.6 Å². The lowest BCUT2D eigenvalue weighted by Crippen LogP contribution is -2.36. The molecule has 0 aromatic rings. The maximum absolute atomic E-state index is 12.3. The Kier molecular flexibility index (Phi) is 10.3. The molecule has 0 aromatic carbocycles.